The Morgan fingerprint density at radius 2 is 1.74 bits per heavy atom. The zero-order valence-corrected chi connectivity index (χ0v) is 15.5. The standard InChI is InChI=1S/C22H21F3O2/c1-5-21(4,27-20(26)13(2)3)19-17-9-7-6-8-15(17)16-11-10-14(12-18(16)19)22(23,24)25/h6-12,19H,2,5H2,1,3-4H3. The number of esters is 1. The summed E-state index contributed by atoms with van der Waals surface area (Å²) in [5.41, 5.74) is 1.57. The van der Waals surface area contributed by atoms with Gasteiger partial charge in [0.1, 0.15) is 5.60 Å². The minimum Gasteiger partial charge on any atom is -0.455 e. The molecule has 0 N–H and O–H groups in total. The highest BCUT2D eigenvalue weighted by atomic mass is 19.4. The minimum absolute atomic E-state index is 0.255. The number of carbonyl (C=O) groups excluding carboxylic acids is 1. The molecule has 0 saturated carbocycles. The van der Waals surface area contributed by atoms with Gasteiger partial charge in [-0.3, -0.25) is 0 Å². The number of benzene rings is 2. The van der Waals surface area contributed by atoms with Crippen molar-refractivity contribution in [2.45, 2.75) is 44.9 Å². The van der Waals surface area contributed by atoms with E-state index in [2.05, 4.69) is 6.58 Å². The lowest BCUT2D eigenvalue weighted by atomic mass is 9.79. The molecular formula is C22H21F3O2. The third-order valence-corrected chi connectivity index (χ3v) is 5.24. The lowest BCUT2D eigenvalue weighted by Gasteiger charge is -2.36. The molecule has 3 rings (SSSR count). The van der Waals surface area contributed by atoms with Gasteiger partial charge in [-0.15, -0.1) is 0 Å². The van der Waals surface area contributed by atoms with Crippen molar-refractivity contribution >= 4 is 5.97 Å². The van der Waals surface area contributed by atoms with E-state index < -0.39 is 29.2 Å². The highest BCUT2D eigenvalue weighted by Gasteiger charge is 2.45. The fraction of sp³-hybridized carbons (Fsp3) is 0.318. The van der Waals surface area contributed by atoms with E-state index in [0.717, 1.165) is 22.8 Å². The summed E-state index contributed by atoms with van der Waals surface area (Å²) in [5.74, 6) is -1.03. The van der Waals surface area contributed by atoms with Gasteiger partial charge in [0, 0.05) is 11.5 Å². The van der Waals surface area contributed by atoms with Gasteiger partial charge in [-0.25, -0.2) is 4.79 Å². The molecule has 5 heteroatoms. The summed E-state index contributed by atoms with van der Waals surface area (Å²) >= 11 is 0. The number of alkyl halides is 3. The van der Waals surface area contributed by atoms with Crippen molar-refractivity contribution < 1.29 is 22.7 Å². The number of ether oxygens (including phenoxy) is 1. The van der Waals surface area contributed by atoms with Crippen molar-refractivity contribution in [1.82, 2.24) is 0 Å². The highest BCUT2D eigenvalue weighted by Crippen LogP contribution is 2.52. The third kappa shape index (κ3) is 3.27. The molecule has 0 aromatic heterocycles. The Bertz CT molecular complexity index is 914. The number of hydrogen-bond donors (Lipinski definition) is 0. The predicted molar refractivity (Wildman–Crippen MR) is 98.3 cm³/mol. The first-order valence-electron chi connectivity index (χ1n) is 8.77. The summed E-state index contributed by atoms with van der Waals surface area (Å²) in [6.07, 6.45) is -3.99. The lowest BCUT2D eigenvalue weighted by molar-refractivity contribution is -0.155. The summed E-state index contributed by atoms with van der Waals surface area (Å²) in [4.78, 5) is 12.2. The predicted octanol–water partition coefficient (Wildman–Crippen LogP) is 6.11. The van der Waals surface area contributed by atoms with E-state index in [1.807, 2.05) is 31.2 Å². The molecule has 2 aromatic rings. The Morgan fingerprint density at radius 3 is 2.33 bits per heavy atom. The zero-order chi connectivity index (χ0) is 20.0. The first-order chi connectivity index (χ1) is 12.6. The number of rotatable bonds is 4. The lowest BCUT2D eigenvalue weighted by Crippen LogP contribution is -2.38. The molecule has 0 spiro atoms. The van der Waals surface area contributed by atoms with Gasteiger partial charge in [-0.05, 0) is 54.7 Å². The topological polar surface area (TPSA) is 26.3 Å². The maximum Gasteiger partial charge on any atom is 0.416 e. The van der Waals surface area contributed by atoms with Gasteiger partial charge in [0.2, 0.25) is 0 Å². The molecular weight excluding hydrogens is 353 g/mol. The Balaban J connectivity index is 2.20. The highest BCUT2D eigenvalue weighted by molar-refractivity contribution is 5.88. The van der Waals surface area contributed by atoms with Crippen molar-refractivity contribution in [3.05, 3.63) is 71.3 Å². The maximum atomic E-state index is 13.3. The van der Waals surface area contributed by atoms with E-state index in [4.69, 9.17) is 4.74 Å². The van der Waals surface area contributed by atoms with Crippen LogP contribution in [0.4, 0.5) is 13.2 Å². The van der Waals surface area contributed by atoms with Crippen LogP contribution in [-0.2, 0) is 15.7 Å². The molecule has 0 amide bonds. The second-order valence-electron chi connectivity index (χ2n) is 7.16. The average molecular weight is 374 g/mol. The van der Waals surface area contributed by atoms with Crippen LogP contribution >= 0.6 is 0 Å². The van der Waals surface area contributed by atoms with Crippen LogP contribution < -0.4 is 0 Å². The summed E-state index contributed by atoms with van der Waals surface area (Å²) < 4.78 is 45.7. The van der Waals surface area contributed by atoms with Crippen LogP contribution in [0.15, 0.2) is 54.6 Å². The quantitative estimate of drug-likeness (QED) is 0.477. The molecule has 0 bridgehead atoms. The number of fused-ring (bicyclic) bond motifs is 3. The SMILES string of the molecule is C=C(C)C(=O)OC(C)(CC)C1c2ccccc2-c2ccc(C(F)(F)F)cc21. The molecule has 0 heterocycles. The maximum absolute atomic E-state index is 13.3. The number of halogens is 3. The third-order valence-electron chi connectivity index (χ3n) is 5.24. The van der Waals surface area contributed by atoms with Crippen LogP contribution in [0.1, 0.15) is 49.8 Å². The fourth-order valence-electron chi connectivity index (χ4n) is 3.68. The number of carbonyl (C=O) groups is 1. The second-order valence-corrected chi connectivity index (χ2v) is 7.16. The van der Waals surface area contributed by atoms with E-state index in [0.29, 0.717) is 12.0 Å². The van der Waals surface area contributed by atoms with Gasteiger partial charge in [0.15, 0.2) is 0 Å². The van der Waals surface area contributed by atoms with Gasteiger partial charge in [0.25, 0.3) is 0 Å². The number of hydrogen-bond acceptors (Lipinski definition) is 2. The van der Waals surface area contributed by atoms with Crippen LogP contribution in [-0.4, -0.2) is 11.6 Å². The normalized spacial score (nSPS) is 17.6. The fourth-order valence-corrected chi connectivity index (χ4v) is 3.68. The molecule has 1 aliphatic rings. The van der Waals surface area contributed by atoms with Gasteiger partial charge < -0.3 is 4.74 Å². The first kappa shape index (κ1) is 19.2. The molecule has 0 saturated heterocycles. The molecule has 142 valence electrons. The smallest absolute Gasteiger partial charge is 0.416 e. The molecule has 0 fully saturated rings. The Kier molecular flexibility index (Phi) is 4.66. The van der Waals surface area contributed by atoms with Crippen molar-refractivity contribution in [3.63, 3.8) is 0 Å². The summed E-state index contributed by atoms with van der Waals surface area (Å²) in [5, 5.41) is 0. The Hall–Kier alpha value is -2.56. The van der Waals surface area contributed by atoms with Gasteiger partial charge >= 0.3 is 12.1 Å². The molecule has 0 aliphatic heterocycles. The zero-order valence-electron chi connectivity index (χ0n) is 15.5. The first-order valence-corrected chi connectivity index (χ1v) is 8.77. The largest absolute Gasteiger partial charge is 0.455 e. The molecule has 2 nitrogen and oxygen atoms in total. The van der Waals surface area contributed by atoms with Crippen molar-refractivity contribution in [3.8, 4) is 11.1 Å². The molecule has 27 heavy (non-hydrogen) atoms. The van der Waals surface area contributed by atoms with Crippen LogP contribution in [0.25, 0.3) is 11.1 Å². The van der Waals surface area contributed by atoms with E-state index in [9.17, 15) is 18.0 Å². The molecule has 2 unspecified atom stereocenters. The van der Waals surface area contributed by atoms with Crippen molar-refractivity contribution in [2.24, 2.45) is 0 Å². The van der Waals surface area contributed by atoms with Gasteiger partial charge in [-0.1, -0.05) is 43.8 Å². The monoisotopic (exact) mass is 374 g/mol. The summed E-state index contributed by atoms with van der Waals surface area (Å²) in [6, 6.07) is 11.3. The summed E-state index contributed by atoms with van der Waals surface area (Å²) in [7, 11) is 0. The average Bonchev–Trinajstić information content (AvgIpc) is 2.95. The summed E-state index contributed by atoms with van der Waals surface area (Å²) in [6.45, 7) is 8.79. The van der Waals surface area contributed by atoms with Crippen LogP contribution in [0.5, 0.6) is 0 Å². The molecule has 2 aromatic carbocycles. The van der Waals surface area contributed by atoms with E-state index in [1.165, 1.54) is 12.1 Å². The van der Waals surface area contributed by atoms with Gasteiger partial charge in [0.05, 0.1) is 5.56 Å². The van der Waals surface area contributed by atoms with E-state index in [1.54, 1.807) is 13.8 Å². The second kappa shape index (κ2) is 6.55. The Labute approximate surface area is 156 Å². The van der Waals surface area contributed by atoms with Crippen LogP contribution in [0, 0.1) is 0 Å². The molecule has 1 aliphatic carbocycles. The van der Waals surface area contributed by atoms with Crippen LogP contribution in [0.2, 0.25) is 0 Å². The van der Waals surface area contributed by atoms with Crippen molar-refractivity contribution in [1.29, 1.82) is 0 Å². The molecule has 2 atom stereocenters. The molecule has 0 radical (unpaired) electrons. The van der Waals surface area contributed by atoms with E-state index >= 15 is 0 Å². The Morgan fingerprint density at radius 1 is 1.11 bits per heavy atom. The van der Waals surface area contributed by atoms with E-state index in [-0.39, 0.29) is 5.57 Å². The van der Waals surface area contributed by atoms with Gasteiger partial charge in [-0.2, -0.15) is 13.2 Å². The van der Waals surface area contributed by atoms with Crippen molar-refractivity contribution in [2.75, 3.05) is 0 Å². The minimum atomic E-state index is -4.44. The van der Waals surface area contributed by atoms with Crippen LogP contribution in [0.3, 0.4) is 0 Å².